The molecule has 1 aromatic carbocycles. The number of hydrogen-bond acceptors (Lipinski definition) is 3. The van der Waals surface area contributed by atoms with Crippen LogP contribution >= 0.6 is 0 Å². The molecule has 0 aliphatic heterocycles. The molecule has 0 amide bonds. The van der Waals surface area contributed by atoms with Gasteiger partial charge in [0.15, 0.2) is 0 Å². The molecule has 3 nitrogen and oxygen atoms in total. The number of rotatable bonds is 4. The van der Waals surface area contributed by atoms with E-state index in [0.29, 0.717) is 22.7 Å². The molecule has 0 aliphatic carbocycles. The van der Waals surface area contributed by atoms with Crippen molar-refractivity contribution < 1.29 is 22.6 Å². The molecular weight excluding hydrogens is 235 g/mol. The standard InChI is InChI=1S/C11H14F3NO2/c1-7-4-8(16-2)5-9(17-3)10(7)15-6-11(12,13)14/h4-5,15H,6H2,1-3H3. The quantitative estimate of drug-likeness (QED) is 0.889. The number of benzene rings is 1. The van der Waals surface area contributed by atoms with Crippen molar-refractivity contribution in [1.29, 1.82) is 0 Å². The zero-order chi connectivity index (χ0) is 13.1. The maximum atomic E-state index is 12.1. The van der Waals surface area contributed by atoms with E-state index in [-0.39, 0.29) is 0 Å². The fourth-order valence-electron chi connectivity index (χ4n) is 1.42. The topological polar surface area (TPSA) is 30.5 Å². The second-order valence-corrected chi connectivity index (χ2v) is 3.49. The van der Waals surface area contributed by atoms with Gasteiger partial charge in [-0.15, -0.1) is 0 Å². The molecule has 1 aromatic rings. The van der Waals surface area contributed by atoms with Gasteiger partial charge in [-0.1, -0.05) is 0 Å². The van der Waals surface area contributed by atoms with Gasteiger partial charge >= 0.3 is 6.18 Å². The zero-order valence-electron chi connectivity index (χ0n) is 9.81. The average Bonchev–Trinajstić information content (AvgIpc) is 2.25. The fraction of sp³-hybridized carbons (Fsp3) is 0.455. The van der Waals surface area contributed by atoms with Gasteiger partial charge in [-0.3, -0.25) is 0 Å². The van der Waals surface area contributed by atoms with Crippen molar-refractivity contribution in [2.45, 2.75) is 13.1 Å². The molecular formula is C11H14F3NO2. The lowest BCUT2D eigenvalue weighted by Gasteiger charge is -2.16. The predicted octanol–water partition coefficient (Wildman–Crippen LogP) is 2.99. The number of alkyl halides is 3. The molecule has 6 heteroatoms. The molecule has 0 saturated carbocycles. The summed E-state index contributed by atoms with van der Waals surface area (Å²) in [6, 6.07) is 3.17. The van der Waals surface area contributed by atoms with E-state index in [1.165, 1.54) is 20.3 Å². The maximum absolute atomic E-state index is 12.1. The van der Waals surface area contributed by atoms with Gasteiger partial charge in [-0.25, -0.2) is 0 Å². The summed E-state index contributed by atoms with van der Waals surface area (Å²) in [7, 11) is 2.88. The summed E-state index contributed by atoms with van der Waals surface area (Å²) in [5.74, 6) is 0.864. The van der Waals surface area contributed by atoms with Crippen molar-refractivity contribution in [3.63, 3.8) is 0 Å². The Hall–Kier alpha value is -1.59. The van der Waals surface area contributed by atoms with E-state index in [4.69, 9.17) is 9.47 Å². The second kappa shape index (κ2) is 5.16. The summed E-state index contributed by atoms with van der Waals surface area (Å²) in [5.41, 5.74) is 0.955. The highest BCUT2D eigenvalue weighted by atomic mass is 19.4. The Kier molecular flexibility index (Phi) is 4.09. The highest BCUT2D eigenvalue weighted by molar-refractivity contribution is 5.64. The first-order valence-electron chi connectivity index (χ1n) is 4.90. The van der Waals surface area contributed by atoms with Crippen LogP contribution in [0.1, 0.15) is 5.56 Å². The van der Waals surface area contributed by atoms with Gasteiger partial charge in [0.25, 0.3) is 0 Å². The first kappa shape index (κ1) is 13.5. The number of methoxy groups -OCH3 is 2. The van der Waals surface area contributed by atoms with Crippen molar-refractivity contribution in [2.24, 2.45) is 0 Å². The van der Waals surface area contributed by atoms with Crippen molar-refractivity contribution in [3.05, 3.63) is 17.7 Å². The van der Waals surface area contributed by atoms with Crippen molar-refractivity contribution in [1.82, 2.24) is 0 Å². The van der Waals surface area contributed by atoms with E-state index >= 15 is 0 Å². The Balaban J connectivity index is 2.98. The third-order valence-electron chi connectivity index (χ3n) is 2.19. The molecule has 0 fully saturated rings. The molecule has 0 saturated heterocycles. The minimum absolute atomic E-state index is 0.325. The van der Waals surface area contributed by atoms with Gasteiger partial charge in [0.1, 0.15) is 18.0 Å². The van der Waals surface area contributed by atoms with Crippen LogP contribution in [0.3, 0.4) is 0 Å². The minimum atomic E-state index is -4.27. The lowest BCUT2D eigenvalue weighted by molar-refractivity contribution is -0.115. The molecule has 0 aromatic heterocycles. The Labute approximate surface area is 97.5 Å². The maximum Gasteiger partial charge on any atom is 0.405 e. The SMILES string of the molecule is COc1cc(C)c(NCC(F)(F)F)c(OC)c1. The van der Waals surface area contributed by atoms with Crippen LogP contribution in [0.2, 0.25) is 0 Å². The van der Waals surface area contributed by atoms with Crippen LogP contribution in [-0.4, -0.2) is 26.9 Å². The lowest BCUT2D eigenvalue weighted by atomic mass is 10.1. The summed E-state index contributed by atoms with van der Waals surface area (Å²) >= 11 is 0. The fourth-order valence-corrected chi connectivity index (χ4v) is 1.42. The number of hydrogen-bond donors (Lipinski definition) is 1. The van der Waals surface area contributed by atoms with E-state index in [1.54, 1.807) is 13.0 Å². The smallest absolute Gasteiger partial charge is 0.405 e. The Morgan fingerprint density at radius 2 is 1.82 bits per heavy atom. The summed E-state index contributed by atoms with van der Waals surface area (Å²) in [6.07, 6.45) is -4.27. The van der Waals surface area contributed by atoms with Gasteiger partial charge in [0.2, 0.25) is 0 Å². The second-order valence-electron chi connectivity index (χ2n) is 3.49. The van der Waals surface area contributed by atoms with Gasteiger partial charge in [-0.05, 0) is 18.6 Å². The largest absolute Gasteiger partial charge is 0.497 e. The molecule has 0 bridgehead atoms. The third-order valence-corrected chi connectivity index (χ3v) is 2.19. The third kappa shape index (κ3) is 3.72. The molecule has 0 unspecified atom stereocenters. The van der Waals surface area contributed by atoms with E-state index in [0.717, 1.165) is 0 Å². The molecule has 0 heterocycles. The Morgan fingerprint density at radius 3 is 2.29 bits per heavy atom. The lowest BCUT2D eigenvalue weighted by Crippen LogP contribution is -2.22. The summed E-state index contributed by atoms with van der Waals surface area (Å²) in [6.45, 7) is 0.584. The molecule has 1 rings (SSSR count). The van der Waals surface area contributed by atoms with Gasteiger partial charge in [0.05, 0.1) is 19.9 Å². The number of anilines is 1. The number of halogens is 3. The molecule has 0 aliphatic rings. The zero-order valence-corrected chi connectivity index (χ0v) is 9.81. The van der Waals surface area contributed by atoms with Crippen LogP contribution in [0.4, 0.5) is 18.9 Å². The van der Waals surface area contributed by atoms with Crippen LogP contribution in [0, 0.1) is 6.92 Å². The van der Waals surface area contributed by atoms with Gasteiger partial charge in [-0.2, -0.15) is 13.2 Å². The minimum Gasteiger partial charge on any atom is -0.497 e. The first-order chi connectivity index (χ1) is 7.87. The van der Waals surface area contributed by atoms with Gasteiger partial charge < -0.3 is 14.8 Å². The predicted molar refractivity (Wildman–Crippen MR) is 58.8 cm³/mol. The molecule has 0 atom stereocenters. The van der Waals surface area contributed by atoms with Crippen LogP contribution in [-0.2, 0) is 0 Å². The van der Waals surface area contributed by atoms with Crippen molar-refractivity contribution in [2.75, 3.05) is 26.1 Å². The number of aryl methyl sites for hydroxylation is 1. The summed E-state index contributed by atoms with van der Waals surface area (Å²) in [4.78, 5) is 0. The normalized spacial score (nSPS) is 11.2. The van der Waals surface area contributed by atoms with E-state index in [1.807, 2.05) is 0 Å². The van der Waals surface area contributed by atoms with Crippen molar-refractivity contribution in [3.8, 4) is 11.5 Å². The van der Waals surface area contributed by atoms with E-state index in [9.17, 15) is 13.2 Å². The van der Waals surface area contributed by atoms with Crippen LogP contribution in [0.15, 0.2) is 12.1 Å². The molecule has 0 spiro atoms. The summed E-state index contributed by atoms with van der Waals surface area (Å²) < 4.78 is 46.4. The molecule has 0 radical (unpaired) electrons. The highest BCUT2D eigenvalue weighted by Gasteiger charge is 2.27. The van der Waals surface area contributed by atoms with Crippen LogP contribution in [0.5, 0.6) is 11.5 Å². The molecule has 96 valence electrons. The molecule has 17 heavy (non-hydrogen) atoms. The van der Waals surface area contributed by atoms with Crippen LogP contribution < -0.4 is 14.8 Å². The monoisotopic (exact) mass is 249 g/mol. The van der Waals surface area contributed by atoms with Crippen LogP contribution in [0.25, 0.3) is 0 Å². The Bertz CT molecular complexity index is 391. The number of ether oxygens (including phenoxy) is 2. The van der Waals surface area contributed by atoms with Crippen molar-refractivity contribution >= 4 is 5.69 Å². The molecule has 1 N–H and O–H groups in total. The van der Waals surface area contributed by atoms with Gasteiger partial charge in [0, 0.05) is 6.07 Å². The average molecular weight is 249 g/mol. The highest BCUT2D eigenvalue weighted by Crippen LogP contribution is 2.33. The number of nitrogens with one attached hydrogen (secondary N) is 1. The van der Waals surface area contributed by atoms with E-state index < -0.39 is 12.7 Å². The Morgan fingerprint density at radius 1 is 1.18 bits per heavy atom. The summed E-state index contributed by atoms with van der Waals surface area (Å²) in [5, 5.41) is 2.32. The van der Waals surface area contributed by atoms with E-state index in [2.05, 4.69) is 5.32 Å². The first-order valence-corrected chi connectivity index (χ1v) is 4.90.